The summed E-state index contributed by atoms with van der Waals surface area (Å²) in [4.78, 5) is 17.3. The second kappa shape index (κ2) is 10.9. The number of benzene rings is 3. The van der Waals surface area contributed by atoms with E-state index >= 15 is 0 Å². The zero-order valence-electron chi connectivity index (χ0n) is 19.7. The van der Waals surface area contributed by atoms with Gasteiger partial charge in [0.15, 0.2) is 10.7 Å². The Bertz CT molecular complexity index is 1390. The van der Waals surface area contributed by atoms with Gasteiger partial charge in [-0.3, -0.25) is 10.1 Å². The van der Waals surface area contributed by atoms with Crippen LogP contribution < -0.4 is 15.4 Å². The molecule has 0 fully saturated rings. The number of nitrogens with zero attached hydrogens (tertiary/aromatic N) is 1. The summed E-state index contributed by atoms with van der Waals surface area (Å²) in [6, 6.07) is 18.3. The lowest BCUT2D eigenvalue weighted by atomic mass is 9.98. The number of anilines is 1. The van der Waals surface area contributed by atoms with E-state index in [1.165, 1.54) is 5.56 Å². The maximum absolute atomic E-state index is 12.6. The molecule has 0 aliphatic rings. The van der Waals surface area contributed by atoms with Crippen LogP contribution in [0.25, 0.3) is 22.6 Å². The molecule has 180 valence electrons. The van der Waals surface area contributed by atoms with Crippen molar-refractivity contribution in [2.75, 3.05) is 11.9 Å². The van der Waals surface area contributed by atoms with Crippen LogP contribution in [0.5, 0.6) is 5.75 Å². The van der Waals surface area contributed by atoms with E-state index in [2.05, 4.69) is 41.6 Å². The number of fused-ring (bicyclic) bond motifs is 1. The number of oxazole rings is 1. The molecular weight excluding hydrogens is 482 g/mol. The normalized spacial score (nSPS) is 11.8. The lowest BCUT2D eigenvalue weighted by molar-refractivity contribution is 0.0977. The molecule has 4 rings (SSSR count). The van der Waals surface area contributed by atoms with Gasteiger partial charge in [-0.05, 0) is 85.6 Å². The third-order valence-corrected chi connectivity index (χ3v) is 6.22. The van der Waals surface area contributed by atoms with E-state index in [0.717, 1.165) is 17.5 Å². The number of hydrogen-bond donors (Lipinski definition) is 2. The average Bonchev–Trinajstić information content (AvgIpc) is 3.28. The van der Waals surface area contributed by atoms with Crippen LogP contribution in [0, 0.1) is 0 Å². The van der Waals surface area contributed by atoms with Crippen LogP contribution >= 0.6 is 23.8 Å². The highest BCUT2D eigenvalue weighted by molar-refractivity contribution is 7.80. The van der Waals surface area contributed by atoms with Crippen LogP contribution in [-0.2, 0) is 0 Å². The molecule has 1 atom stereocenters. The van der Waals surface area contributed by atoms with Gasteiger partial charge in [0.1, 0.15) is 11.3 Å². The van der Waals surface area contributed by atoms with Crippen LogP contribution in [0.4, 0.5) is 5.69 Å². The largest absolute Gasteiger partial charge is 0.494 e. The van der Waals surface area contributed by atoms with Gasteiger partial charge in [-0.1, -0.05) is 37.6 Å². The molecule has 6 nitrogen and oxygen atoms in total. The highest BCUT2D eigenvalue weighted by Crippen LogP contribution is 2.31. The molecule has 0 aliphatic heterocycles. The maximum Gasteiger partial charge on any atom is 0.257 e. The Morgan fingerprint density at radius 2 is 1.97 bits per heavy atom. The molecule has 1 aromatic heterocycles. The van der Waals surface area contributed by atoms with Gasteiger partial charge in [-0.2, -0.15) is 0 Å². The first-order valence-electron chi connectivity index (χ1n) is 11.4. The quantitative estimate of drug-likeness (QED) is 0.258. The van der Waals surface area contributed by atoms with Crippen LogP contribution in [0.1, 0.15) is 49.0 Å². The van der Waals surface area contributed by atoms with E-state index in [-0.39, 0.29) is 11.0 Å². The minimum absolute atomic E-state index is 0.117. The first kappa shape index (κ1) is 24.7. The molecule has 0 bridgehead atoms. The fraction of sp³-hybridized carbons (Fsp3) is 0.222. The minimum Gasteiger partial charge on any atom is -0.494 e. The number of aromatic nitrogens is 1. The number of rotatable bonds is 7. The molecule has 35 heavy (non-hydrogen) atoms. The van der Waals surface area contributed by atoms with Gasteiger partial charge >= 0.3 is 0 Å². The van der Waals surface area contributed by atoms with Crippen molar-refractivity contribution in [1.82, 2.24) is 10.3 Å². The number of thiocarbonyl (C=S) groups is 1. The Morgan fingerprint density at radius 1 is 1.14 bits per heavy atom. The third kappa shape index (κ3) is 5.81. The van der Waals surface area contributed by atoms with Gasteiger partial charge < -0.3 is 14.5 Å². The van der Waals surface area contributed by atoms with E-state index < -0.39 is 0 Å². The molecule has 1 heterocycles. The van der Waals surface area contributed by atoms with Gasteiger partial charge in [0.25, 0.3) is 5.91 Å². The molecule has 0 saturated heterocycles. The van der Waals surface area contributed by atoms with Crippen LogP contribution in [0.3, 0.4) is 0 Å². The molecule has 0 saturated carbocycles. The molecule has 1 amide bonds. The van der Waals surface area contributed by atoms with E-state index in [4.69, 9.17) is 33.0 Å². The summed E-state index contributed by atoms with van der Waals surface area (Å²) in [6.45, 7) is 6.75. The van der Waals surface area contributed by atoms with Crippen molar-refractivity contribution in [2.45, 2.75) is 33.1 Å². The predicted octanol–water partition coefficient (Wildman–Crippen LogP) is 7.19. The molecule has 0 spiro atoms. The van der Waals surface area contributed by atoms with Crippen molar-refractivity contribution in [3.8, 4) is 17.2 Å². The fourth-order valence-electron chi connectivity index (χ4n) is 3.59. The second-order valence-corrected chi connectivity index (χ2v) is 8.93. The number of hydrogen-bond acceptors (Lipinski definition) is 5. The average molecular weight is 508 g/mol. The fourth-order valence-corrected chi connectivity index (χ4v) is 3.95. The number of nitrogens with one attached hydrogen (secondary N) is 2. The van der Waals surface area contributed by atoms with Gasteiger partial charge in [-0.15, -0.1) is 0 Å². The highest BCUT2D eigenvalue weighted by atomic mass is 35.5. The maximum atomic E-state index is 12.6. The van der Waals surface area contributed by atoms with Gasteiger partial charge in [-0.25, -0.2) is 4.98 Å². The van der Waals surface area contributed by atoms with Crippen LogP contribution in [-0.4, -0.2) is 22.6 Å². The molecule has 3 aromatic carbocycles. The summed E-state index contributed by atoms with van der Waals surface area (Å²) in [6.07, 6.45) is 1.05. The number of halogens is 1. The summed E-state index contributed by atoms with van der Waals surface area (Å²) in [5, 5.41) is 6.23. The summed E-state index contributed by atoms with van der Waals surface area (Å²) in [5.74, 6) is 1.18. The third-order valence-electron chi connectivity index (χ3n) is 5.69. The summed E-state index contributed by atoms with van der Waals surface area (Å²) >= 11 is 11.7. The van der Waals surface area contributed by atoms with Gasteiger partial charge in [0.05, 0.1) is 17.3 Å². The molecule has 2 N–H and O–H groups in total. The monoisotopic (exact) mass is 507 g/mol. The van der Waals surface area contributed by atoms with Crippen LogP contribution in [0.15, 0.2) is 65.1 Å². The topological polar surface area (TPSA) is 76.4 Å². The molecule has 0 unspecified atom stereocenters. The summed E-state index contributed by atoms with van der Waals surface area (Å²) < 4.78 is 11.4. The number of carbonyl (C=O) groups excluding carboxylic acids is 1. The SMILES string of the molecule is CCOc1cccc(C(=O)NC(=S)Nc2cc(-c3nc4cc([C@H](C)CC)ccc4o3)ccc2Cl)c1. The number of carbonyl (C=O) groups is 1. The van der Waals surface area contributed by atoms with Crippen molar-refractivity contribution in [3.05, 3.63) is 76.8 Å². The molecular formula is C27H26ClN3O3S. The van der Waals surface area contributed by atoms with Crippen molar-refractivity contribution in [2.24, 2.45) is 0 Å². The van der Waals surface area contributed by atoms with Gasteiger partial charge in [0, 0.05) is 11.1 Å². The van der Waals surface area contributed by atoms with E-state index in [0.29, 0.717) is 46.0 Å². The molecule has 8 heteroatoms. The van der Waals surface area contributed by atoms with E-state index in [1.807, 2.05) is 19.1 Å². The zero-order valence-corrected chi connectivity index (χ0v) is 21.3. The molecule has 0 radical (unpaired) electrons. The Balaban J connectivity index is 1.51. The number of ether oxygens (including phenoxy) is 1. The number of amides is 1. The highest BCUT2D eigenvalue weighted by Gasteiger charge is 2.14. The lowest BCUT2D eigenvalue weighted by Gasteiger charge is -2.12. The van der Waals surface area contributed by atoms with Crippen molar-refractivity contribution in [3.63, 3.8) is 0 Å². The van der Waals surface area contributed by atoms with Crippen molar-refractivity contribution >= 4 is 51.6 Å². The lowest BCUT2D eigenvalue weighted by Crippen LogP contribution is -2.34. The Labute approximate surface area is 214 Å². The Hall–Kier alpha value is -3.42. The van der Waals surface area contributed by atoms with E-state index in [1.54, 1.807) is 36.4 Å². The Morgan fingerprint density at radius 3 is 2.74 bits per heavy atom. The second-order valence-electron chi connectivity index (χ2n) is 8.12. The van der Waals surface area contributed by atoms with Crippen LogP contribution in [0.2, 0.25) is 5.02 Å². The first-order valence-corrected chi connectivity index (χ1v) is 12.2. The van der Waals surface area contributed by atoms with Crippen molar-refractivity contribution in [1.29, 1.82) is 0 Å². The molecule has 4 aromatic rings. The zero-order chi connectivity index (χ0) is 24.9. The molecule has 0 aliphatic carbocycles. The summed E-state index contributed by atoms with van der Waals surface area (Å²) in [7, 11) is 0. The first-order chi connectivity index (χ1) is 16.9. The van der Waals surface area contributed by atoms with Gasteiger partial charge in [0.2, 0.25) is 5.89 Å². The van der Waals surface area contributed by atoms with Crippen molar-refractivity contribution < 1.29 is 13.9 Å². The minimum atomic E-state index is -0.354. The smallest absolute Gasteiger partial charge is 0.257 e. The predicted molar refractivity (Wildman–Crippen MR) is 144 cm³/mol. The Kier molecular flexibility index (Phi) is 7.68. The van der Waals surface area contributed by atoms with E-state index in [9.17, 15) is 4.79 Å². The standard InChI is InChI=1S/C27H26ClN3O3S/c1-4-16(3)17-10-12-24-23(14-17)29-26(34-24)19-9-11-21(28)22(15-19)30-27(35)31-25(32)18-7-6-8-20(13-18)33-5-2/h6-16H,4-5H2,1-3H3,(H2,30,31,32,35)/t16-/m1/s1. The summed E-state index contributed by atoms with van der Waals surface area (Å²) in [5.41, 5.74) is 4.44.